The number of aromatic amines is 1. The van der Waals surface area contributed by atoms with Gasteiger partial charge in [0, 0.05) is 35.0 Å². The predicted molar refractivity (Wildman–Crippen MR) is 103 cm³/mol. The maximum atomic E-state index is 12.0. The van der Waals surface area contributed by atoms with E-state index in [0.717, 1.165) is 27.8 Å². The van der Waals surface area contributed by atoms with E-state index in [0.29, 0.717) is 17.0 Å². The van der Waals surface area contributed by atoms with Crippen molar-refractivity contribution >= 4 is 22.6 Å². The lowest BCUT2D eigenvalue weighted by molar-refractivity contribution is -0.123. The zero-order valence-electron chi connectivity index (χ0n) is 15.7. The smallest absolute Gasteiger partial charge is 0.336 e. The highest BCUT2D eigenvalue weighted by atomic mass is 16.5. The number of hydrogen-bond donors (Lipinski definition) is 2. The van der Waals surface area contributed by atoms with E-state index in [1.807, 2.05) is 33.9 Å². The monoisotopic (exact) mass is 367 g/mol. The zero-order chi connectivity index (χ0) is 19.6. The van der Waals surface area contributed by atoms with Crippen LogP contribution in [-0.4, -0.2) is 23.2 Å². The first-order chi connectivity index (χ1) is 12.8. The van der Waals surface area contributed by atoms with Crippen LogP contribution in [0.3, 0.4) is 0 Å². The van der Waals surface area contributed by atoms with E-state index in [2.05, 4.69) is 15.5 Å². The van der Waals surface area contributed by atoms with Gasteiger partial charge in [0.15, 0.2) is 6.61 Å². The number of fused-ring (bicyclic) bond motifs is 1. The van der Waals surface area contributed by atoms with Gasteiger partial charge in [0.25, 0.3) is 5.91 Å². The zero-order valence-corrected chi connectivity index (χ0v) is 15.7. The molecule has 0 unspecified atom stereocenters. The third kappa shape index (κ3) is 4.08. The van der Waals surface area contributed by atoms with E-state index in [-0.39, 0.29) is 12.5 Å². The topological polar surface area (TPSA) is 96.7 Å². The fourth-order valence-corrected chi connectivity index (χ4v) is 2.99. The molecular formula is C20H21N3O4. The molecule has 7 nitrogen and oxygen atoms in total. The van der Waals surface area contributed by atoms with Crippen LogP contribution in [0, 0.1) is 20.8 Å². The first kappa shape index (κ1) is 18.4. The second-order valence-corrected chi connectivity index (χ2v) is 6.40. The molecule has 0 aliphatic rings. The molecule has 0 fully saturated rings. The standard InChI is InChI=1S/C20H21N3O4/c1-11-7-19(25)27-17-8-15(5-6-16(11)17)26-10-18(24)23-22-14(4)20-12(2)9-21-13(20)3/h5-9,21H,10H2,1-4H3,(H,23,24)/b22-14+. The Labute approximate surface area is 156 Å². The highest BCUT2D eigenvalue weighted by molar-refractivity contribution is 6.01. The molecule has 1 amide bonds. The highest BCUT2D eigenvalue weighted by Crippen LogP contribution is 2.22. The number of nitrogens with zero attached hydrogens (tertiary/aromatic N) is 1. The van der Waals surface area contributed by atoms with Crippen LogP contribution in [0.15, 0.2) is 44.8 Å². The van der Waals surface area contributed by atoms with Crippen molar-refractivity contribution in [1.29, 1.82) is 0 Å². The average Bonchev–Trinajstić information content (AvgIpc) is 2.96. The Morgan fingerprint density at radius 1 is 1.22 bits per heavy atom. The van der Waals surface area contributed by atoms with E-state index in [4.69, 9.17) is 9.15 Å². The molecule has 0 aliphatic heterocycles. The lowest BCUT2D eigenvalue weighted by atomic mass is 10.1. The molecule has 0 bridgehead atoms. The van der Waals surface area contributed by atoms with E-state index < -0.39 is 5.63 Å². The number of benzene rings is 1. The van der Waals surface area contributed by atoms with Crippen LogP contribution < -0.4 is 15.8 Å². The van der Waals surface area contributed by atoms with Gasteiger partial charge in [0.05, 0.1) is 5.71 Å². The summed E-state index contributed by atoms with van der Waals surface area (Å²) in [5, 5.41) is 4.95. The maximum absolute atomic E-state index is 12.0. The van der Waals surface area contributed by atoms with E-state index in [1.165, 1.54) is 6.07 Å². The van der Waals surface area contributed by atoms with Gasteiger partial charge in [0.1, 0.15) is 11.3 Å². The molecule has 27 heavy (non-hydrogen) atoms. The highest BCUT2D eigenvalue weighted by Gasteiger charge is 2.09. The van der Waals surface area contributed by atoms with Crippen molar-refractivity contribution in [3.8, 4) is 5.75 Å². The minimum atomic E-state index is -0.421. The number of carbonyl (C=O) groups is 1. The number of ether oxygens (including phenoxy) is 1. The normalized spacial score (nSPS) is 11.6. The van der Waals surface area contributed by atoms with E-state index in [9.17, 15) is 9.59 Å². The Bertz CT molecular complexity index is 1070. The average molecular weight is 367 g/mol. The van der Waals surface area contributed by atoms with Gasteiger partial charge in [0.2, 0.25) is 0 Å². The predicted octanol–water partition coefficient (Wildman–Crippen LogP) is 2.97. The van der Waals surface area contributed by atoms with Crippen LogP contribution in [-0.2, 0) is 4.79 Å². The number of aryl methyl sites for hydroxylation is 3. The molecule has 140 valence electrons. The third-order valence-electron chi connectivity index (χ3n) is 4.28. The second-order valence-electron chi connectivity index (χ2n) is 6.40. The Hall–Kier alpha value is -3.35. The molecule has 2 heterocycles. The summed E-state index contributed by atoms with van der Waals surface area (Å²) in [4.78, 5) is 26.6. The van der Waals surface area contributed by atoms with Gasteiger partial charge in [-0.15, -0.1) is 0 Å². The molecule has 3 aromatic rings. The van der Waals surface area contributed by atoms with Crippen molar-refractivity contribution in [2.75, 3.05) is 6.61 Å². The van der Waals surface area contributed by atoms with Crippen molar-refractivity contribution in [2.24, 2.45) is 5.10 Å². The number of aromatic nitrogens is 1. The molecule has 2 aromatic heterocycles. The summed E-state index contributed by atoms with van der Waals surface area (Å²) in [7, 11) is 0. The van der Waals surface area contributed by atoms with Crippen molar-refractivity contribution in [3.63, 3.8) is 0 Å². The van der Waals surface area contributed by atoms with Gasteiger partial charge in [-0.05, 0) is 51.0 Å². The SMILES string of the molecule is C/C(=N\NC(=O)COc1ccc2c(C)cc(=O)oc2c1)c1c(C)c[nH]c1C. The Balaban J connectivity index is 1.65. The maximum Gasteiger partial charge on any atom is 0.336 e. The van der Waals surface area contributed by atoms with Crippen molar-refractivity contribution in [1.82, 2.24) is 10.4 Å². The molecule has 0 saturated heterocycles. The molecule has 0 saturated carbocycles. The van der Waals surface area contributed by atoms with Gasteiger partial charge in [-0.25, -0.2) is 10.2 Å². The van der Waals surface area contributed by atoms with Crippen LogP contribution >= 0.6 is 0 Å². The van der Waals surface area contributed by atoms with E-state index in [1.54, 1.807) is 18.2 Å². The number of nitrogens with one attached hydrogen (secondary N) is 2. The summed E-state index contributed by atoms with van der Waals surface area (Å²) < 4.78 is 10.6. The molecule has 0 radical (unpaired) electrons. The third-order valence-corrected chi connectivity index (χ3v) is 4.28. The van der Waals surface area contributed by atoms with Gasteiger partial charge in [-0.1, -0.05) is 0 Å². The molecule has 7 heteroatoms. The fraction of sp³-hybridized carbons (Fsp3) is 0.250. The van der Waals surface area contributed by atoms with Gasteiger partial charge < -0.3 is 14.1 Å². The Morgan fingerprint density at radius 2 is 2.00 bits per heavy atom. The van der Waals surface area contributed by atoms with Crippen LogP contribution in [0.1, 0.15) is 29.3 Å². The molecule has 0 spiro atoms. The summed E-state index contributed by atoms with van der Waals surface area (Å²) in [6.07, 6.45) is 1.90. The Kier molecular flexibility index (Phi) is 5.12. The molecule has 2 N–H and O–H groups in total. The summed E-state index contributed by atoms with van der Waals surface area (Å²) in [6.45, 7) is 7.39. The number of hydrogen-bond acceptors (Lipinski definition) is 5. The van der Waals surface area contributed by atoms with Crippen LogP contribution in [0.25, 0.3) is 11.0 Å². The largest absolute Gasteiger partial charge is 0.484 e. The summed E-state index contributed by atoms with van der Waals surface area (Å²) in [5.41, 5.74) is 7.06. The van der Waals surface area contributed by atoms with Gasteiger partial charge in [-0.2, -0.15) is 5.10 Å². The summed E-state index contributed by atoms with van der Waals surface area (Å²) in [5.74, 6) is 0.0513. The number of amides is 1. The number of hydrazone groups is 1. The van der Waals surface area contributed by atoms with Crippen molar-refractivity contribution in [3.05, 3.63) is 63.3 Å². The lowest BCUT2D eigenvalue weighted by Gasteiger charge is -2.07. The second kappa shape index (κ2) is 7.49. The summed E-state index contributed by atoms with van der Waals surface area (Å²) in [6, 6.07) is 6.55. The number of carbonyl (C=O) groups excluding carboxylic acids is 1. The number of rotatable bonds is 5. The van der Waals surface area contributed by atoms with Gasteiger partial charge in [-0.3, -0.25) is 4.79 Å². The van der Waals surface area contributed by atoms with Crippen molar-refractivity contribution in [2.45, 2.75) is 27.7 Å². The van der Waals surface area contributed by atoms with Gasteiger partial charge >= 0.3 is 5.63 Å². The fourth-order valence-electron chi connectivity index (χ4n) is 2.99. The van der Waals surface area contributed by atoms with Crippen LogP contribution in [0.4, 0.5) is 0 Å². The first-order valence-electron chi connectivity index (χ1n) is 8.50. The summed E-state index contributed by atoms with van der Waals surface area (Å²) >= 11 is 0. The lowest BCUT2D eigenvalue weighted by Crippen LogP contribution is -2.25. The molecular weight excluding hydrogens is 346 g/mol. The first-order valence-corrected chi connectivity index (χ1v) is 8.50. The van der Waals surface area contributed by atoms with Crippen LogP contribution in [0.5, 0.6) is 5.75 Å². The Morgan fingerprint density at radius 3 is 2.70 bits per heavy atom. The van der Waals surface area contributed by atoms with Crippen molar-refractivity contribution < 1.29 is 13.9 Å². The van der Waals surface area contributed by atoms with E-state index >= 15 is 0 Å². The molecule has 0 atom stereocenters. The minimum Gasteiger partial charge on any atom is -0.484 e. The molecule has 3 rings (SSSR count). The number of H-pyrrole nitrogens is 1. The quantitative estimate of drug-likeness (QED) is 0.412. The molecule has 0 aliphatic carbocycles. The minimum absolute atomic E-state index is 0.205. The molecule has 1 aromatic carbocycles. The van der Waals surface area contributed by atoms with Crippen LogP contribution in [0.2, 0.25) is 0 Å².